The molecule has 0 bridgehead atoms. The van der Waals surface area contributed by atoms with Gasteiger partial charge in [-0.25, -0.2) is 0 Å². The topological polar surface area (TPSA) is 29.9 Å². The van der Waals surface area contributed by atoms with Gasteiger partial charge in [0.25, 0.3) is 0 Å². The minimum absolute atomic E-state index is 0.265. The van der Waals surface area contributed by atoms with Gasteiger partial charge >= 0.3 is 0 Å². The van der Waals surface area contributed by atoms with Crippen molar-refractivity contribution in [1.29, 1.82) is 0 Å². The van der Waals surface area contributed by atoms with E-state index >= 15 is 0 Å². The molecular weight excluding hydrogens is 314 g/mol. The maximum Gasteiger partial charge on any atom is 0.0551 e. The summed E-state index contributed by atoms with van der Waals surface area (Å²) < 4.78 is 2.73. The van der Waals surface area contributed by atoms with Crippen molar-refractivity contribution in [2.75, 3.05) is 0 Å². The molecule has 0 aliphatic carbocycles. The zero-order valence-corrected chi connectivity index (χ0v) is 12.7. The Bertz CT molecular complexity index is 539. The molecule has 0 fully saturated rings. The monoisotopic (exact) mass is 327 g/mol. The van der Waals surface area contributed by atoms with Crippen LogP contribution in [-0.2, 0) is 13.6 Å². The molecule has 0 radical (unpaired) electrons. The van der Waals surface area contributed by atoms with Crippen molar-refractivity contribution in [2.24, 2.45) is 7.05 Å². The Morgan fingerprint density at radius 1 is 1.50 bits per heavy atom. The Morgan fingerprint density at radius 2 is 2.28 bits per heavy atom. The van der Waals surface area contributed by atoms with E-state index in [4.69, 9.17) is 11.6 Å². The van der Waals surface area contributed by atoms with Crippen LogP contribution in [-0.4, -0.2) is 9.78 Å². The van der Waals surface area contributed by atoms with Crippen LogP contribution in [0.5, 0.6) is 0 Å². The molecule has 1 atom stereocenters. The maximum atomic E-state index is 6.06. The van der Waals surface area contributed by atoms with Crippen LogP contribution in [0.2, 0.25) is 5.02 Å². The largest absolute Gasteiger partial charge is 0.306 e. The molecule has 1 N–H and O–H groups in total. The van der Waals surface area contributed by atoms with E-state index in [-0.39, 0.29) is 6.04 Å². The van der Waals surface area contributed by atoms with Crippen molar-refractivity contribution < 1.29 is 0 Å². The lowest BCUT2D eigenvalue weighted by molar-refractivity contribution is 0.574. The van der Waals surface area contributed by atoms with E-state index in [0.29, 0.717) is 0 Å². The molecule has 0 saturated carbocycles. The highest BCUT2D eigenvalue weighted by molar-refractivity contribution is 9.10. The second kappa shape index (κ2) is 5.87. The SMILES string of the molecule is CC(NCc1ccc(Br)c(Cl)c1)c1cnn(C)c1. The number of aryl methyl sites for hydroxylation is 1. The second-order valence-electron chi connectivity index (χ2n) is 4.30. The normalized spacial score (nSPS) is 12.7. The third-order valence-corrected chi connectivity index (χ3v) is 4.05. The molecule has 0 spiro atoms. The van der Waals surface area contributed by atoms with E-state index in [1.165, 1.54) is 11.1 Å². The summed E-state index contributed by atoms with van der Waals surface area (Å²) in [5.41, 5.74) is 2.35. The summed E-state index contributed by atoms with van der Waals surface area (Å²) in [7, 11) is 1.92. The molecule has 0 aliphatic rings. The highest BCUT2D eigenvalue weighted by Gasteiger charge is 2.07. The smallest absolute Gasteiger partial charge is 0.0551 e. The summed E-state index contributed by atoms with van der Waals surface area (Å²) in [5.74, 6) is 0. The molecular formula is C13H15BrClN3. The molecule has 0 saturated heterocycles. The van der Waals surface area contributed by atoms with Gasteiger partial charge in [0.05, 0.1) is 11.2 Å². The fourth-order valence-electron chi connectivity index (χ4n) is 1.70. The highest BCUT2D eigenvalue weighted by atomic mass is 79.9. The molecule has 1 aromatic heterocycles. The Hall–Kier alpha value is -0.840. The molecule has 1 unspecified atom stereocenters. The van der Waals surface area contributed by atoms with Gasteiger partial charge in [0.1, 0.15) is 0 Å². The van der Waals surface area contributed by atoms with Gasteiger partial charge in [-0.3, -0.25) is 4.68 Å². The molecule has 0 aliphatic heterocycles. The predicted octanol–water partition coefficient (Wildman–Crippen LogP) is 3.69. The molecule has 1 aromatic carbocycles. The van der Waals surface area contributed by atoms with Crippen LogP contribution < -0.4 is 5.32 Å². The summed E-state index contributed by atoms with van der Waals surface area (Å²) in [4.78, 5) is 0. The van der Waals surface area contributed by atoms with E-state index in [1.807, 2.05) is 36.3 Å². The number of nitrogens with zero attached hydrogens (tertiary/aromatic N) is 2. The Kier molecular flexibility index (Phi) is 4.43. The van der Waals surface area contributed by atoms with Gasteiger partial charge in [-0.05, 0) is 40.5 Å². The Morgan fingerprint density at radius 3 is 2.89 bits per heavy atom. The number of halogens is 2. The van der Waals surface area contributed by atoms with Crippen LogP contribution in [0.1, 0.15) is 24.1 Å². The zero-order chi connectivity index (χ0) is 13.1. The van der Waals surface area contributed by atoms with E-state index < -0.39 is 0 Å². The molecule has 2 aromatic rings. The minimum Gasteiger partial charge on any atom is -0.306 e. The number of nitrogens with one attached hydrogen (secondary N) is 1. The van der Waals surface area contributed by atoms with Gasteiger partial charge < -0.3 is 5.32 Å². The lowest BCUT2D eigenvalue weighted by Gasteiger charge is -2.12. The second-order valence-corrected chi connectivity index (χ2v) is 5.56. The van der Waals surface area contributed by atoms with E-state index in [2.05, 4.69) is 39.3 Å². The third kappa shape index (κ3) is 3.34. The first-order chi connectivity index (χ1) is 8.56. The van der Waals surface area contributed by atoms with E-state index in [1.54, 1.807) is 0 Å². The van der Waals surface area contributed by atoms with Crippen LogP contribution in [0.15, 0.2) is 35.1 Å². The van der Waals surface area contributed by atoms with E-state index in [0.717, 1.165) is 16.0 Å². The van der Waals surface area contributed by atoms with Gasteiger partial charge in [-0.2, -0.15) is 5.10 Å². The number of hydrogen-bond acceptors (Lipinski definition) is 2. The maximum absolute atomic E-state index is 6.06. The molecule has 18 heavy (non-hydrogen) atoms. The fourth-order valence-corrected chi connectivity index (χ4v) is 2.15. The van der Waals surface area contributed by atoms with Crippen molar-refractivity contribution in [3.63, 3.8) is 0 Å². The first kappa shape index (κ1) is 13.6. The van der Waals surface area contributed by atoms with Crippen molar-refractivity contribution in [3.8, 4) is 0 Å². The first-order valence-corrected chi connectivity index (χ1v) is 6.89. The van der Waals surface area contributed by atoms with Gasteiger partial charge in [-0.1, -0.05) is 17.7 Å². The molecule has 5 heteroatoms. The molecule has 3 nitrogen and oxygen atoms in total. The summed E-state index contributed by atoms with van der Waals surface area (Å²) in [5, 5.41) is 8.35. The summed E-state index contributed by atoms with van der Waals surface area (Å²) in [6.45, 7) is 2.90. The third-order valence-electron chi connectivity index (χ3n) is 2.82. The Labute approximate surface area is 120 Å². The van der Waals surface area contributed by atoms with Crippen LogP contribution in [0.4, 0.5) is 0 Å². The lowest BCUT2D eigenvalue weighted by atomic mass is 10.1. The minimum atomic E-state index is 0.265. The first-order valence-electron chi connectivity index (χ1n) is 5.72. The summed E-state index contributed by atoms with van der Waals surface area (Å²) in [6, 6.07) is 6.25. The lowest BCUT2D eigenvalue weighted by Crippen LogP contribution is -2.17. The van der Waals surface area contributed by atoms with Crippen molar-refractivity contribution >= 4 is 27.5 Å². The number of benzene rings is 1. The molecule has 0 amide bonds. The molecule has 2 rings (SSSR count). The van der Waals surface area contributed by atoms with Crippen molar-refractivity contribution in [1.82, 2.24) is 15.1 Å². The summed E-state index contributed by atoms with van der Waals surface area (Å²) in [6.07, 6.45) is 3.90. The van der Waals surface area contributed by atoms with Gasteiger partial charge in [0.15, 0.2) is 0 Å². The van der Waals surface area contributed by atoms with Crippen LogP contribution in [0.25, 0.3) is 0 Å². The average Bonchev–Trinajstić information content (AvgIpc) is 2.77. The number of hydrogen-bond donors (Lipinski definition) is 1. The fraction of sp³-hybridized carbons (Fsp3) is 0.308. The predicted molar refractivity (Wildman–Crippen MR) is 77.6 cm³/mol. The van der Waals surface area contributed by atoms with Crippen LogP contribution in [0.3, 0.4) is 0 Å². The number of aromatic nitrogens is 2. The van der Waals surface area contributed by atoms with E-state index in [9.17, 15) is 0 Å². The van der Waals surface area contributed by atoms with Crippen molar-refractivity contribution in [3.05, 3.63) is 51.2 Å². The highest BCUT2D eigenvalue weighted by Crippen LogP contribution is 2.23. The summed E-state index contributed by atoms with van der Waals surface area (Å²) >= 11 is 9.45. The van der Waals surface area contributed by atoms with Crippen molar-refractivity contribution in [2.45, 2.75) is 19.5 Å². The molecule has 96 valence electrons. The standard InChI is InChI=1S/C13H15BrClN3/c1-9(11-7-17-18(2)8-11)16-6-10-3-4-12(14)13(15)5-10/h3-5,7-9,16H,6H2,1-2H3. The van der Waals surface area contributed by atoms with Crippen LogP contribution >= 0.6 is 27.5 Å². The molecule has 1 heterocycles. The van der Waals surface area contributed by atoms with Gasteiger partial charge in [-0.15, -0.1) is 0 Å². The number of rotatable bonds is 4. The van der Waals surface area contributed by atoms with Gasteiger partial charge in [0.2, 0.25) is 0 Å². The average molecular weight is 329 g/mol. The Balaban J connectivity index is 1.97. The zero-order valence-electron chi connectivity index (χ0n) is 10.3. The van der Waals surface area contributed by atoms with Gasteiger partial charge in [0, 0.05) is 35.9 Å². The van der Waals surface area contributed by atoms with Crippen LogP contribution in [0, 0.1) is 0 Å². The quantitative estimate of drug-likeness (QED) is 0.927.